The lowest BCUT2D eigenvalue weighted by molar-refractivity contribution is -0.137. The minimum absolute atomic E-state index is 0.00974. The number of carboxylic acids is 1. The summed E-state index contributed by atoms with van der Waals surface area (Å²) in [5, 5.41) is 10.7. The van der Waals surface area contributed by atoms with Gasteiger partial charge in [0.05, 0.1) is 0 Å². The maximum absolute atomic E-state index is 12.5. The molecule has 0 radical (unpaired) electrons. The summed E-state index contributed by atoms with van der Waals surface area (Å²) in [5.41, 5.74) is 6.54. The number of carbonyl (C=O) groups excluding carboxylic acids is 1. The number of carboxylic acid groups (broad SMARTS) is 1. The largest absolute Gasteiger partial charge is 0.481 e. The number of amides is 1. The van der Waals surface area contributed by atoms with Crippen LogP contribution in [-0.2, 0) is 4.79 Å². The second kappa shape index (κ2) is 6.85. The molecule has 1 aromatic heterocycles. The second-order valence-electron chi connectivity index (χ2n) is 4.36. The van der Waals surface area contributed by atoms with Gasteiger partial charge in [-0.15, -0.1) is 11.3 Å². The molecule has 1 amide bonds. The third kappa shape index (κ3) is 4.03. The minimum Gasteiger partial charge on any atom is -0.481 e. The monoisotopic (exact) mass is 305 g/mol. The number of benzene rings is 1. The molecule has 1 heterocycles. The van der Waals surface area contributed by atoms with Crippen LogP contribution in [0, 0.1) is 0 Å². The molecular weight excluding hydrogens is 290 g/mol. The minimum atomic E-state index is -0.881. The van der Waals surface area contributed by atoms with Crippen LogP contribution in [0.3, 0.4) is 0 Å². The highest BCUT2D eigenvalue weighted by molar-refractivity contribution is 7.13. The number of nitrogens with zero attached hydrogens (tertiary/aromatic N) is 2. The summed E-state index contributed by atoms with van der Waals surface area (Å²) in [6, 6.07) is 9.09. The van der Waals surface area contributed by atoms with E-state index in [0.717, 1.165) is 0 Å². The topological polar surface area (TPSA) is 96.5 Å². The van der Waals surface area contributed by atoms with Crippen molar-refractivity contribution in [1.82, 2.24) is 4.98 Å². The molecule has 0 fully saturated rings. The molecule has 2 rings (SSSR count). The molecule has 110 valence electrons. The fraction of sp³-hybridized carbons (Fsp3) is 0.214. The summed E-state index contributed by atoms with van der Waals surface area (Å²) in [6.45, 7) is 0.312. The SMILES string of the molecule is Nc1nc(C(=O)N(CCCC(=O)O)c2ccccc2)cs1. The van der Waals surface area contributed by atoms with Gasteiger partial charge in [-0.3, -0.25) is 9.59 Å². The van der Waals surface area contributed by atoms with Crippen molar-refractivity contribution in [2.75, 3.05) is 17.2 Å². The van der Waals surface area contributed by atoms with Crippen LogP contribution in [0.15, 0.2) is 35.7 Å². The smallest absolute Gasteiger partial charge is 0.303 e. The van der Waals surface area contributed by atoms with Crippen LogP contribution in [0.2, 0.25) is 0 Å². The zero-order chi connectivity index (χ0) is 15.2. The number of aliphatic carboxylic acids is 1. The van der Waals surface area contributed by atoms with Gasteiger partial charge in [0.2, 0.25) is 0 Å². The van der Waals surface area contributed by atoms with E-state index in [1.807, 2.05) is 18.2 Å². The molecule has 0 bridgehead atoms. The number of anilines is 2. The predicted molar refractivity (Wildman–Crippen MR) is 81.5 cm³/mol. The van der Waals surface area contributed by atoms with Crippen LogP contribution >= 0.6 is 11.3 Å². The van der Waals surface area contributed by atoms with Gasteiger partial charge in [-0.1, -0.05) is 18.2 Å². The Bertz CT molecular complexity index is 627. The molecule has 0 aliphatic heterocycles. The molecule has 0 atom stereocenters. The lowest BCUT2D eigenvalue weighted by Gasteiger charge is -2.21. The van der Waals surface area contributed by atoms with Crippen molar-refractivity contribution >= 4 is 34.0 Å². The molecular formula is C14H15N3O3S. The first-order valence-corrected chi connectivity index (χ1v) is 7.25. The van der Waals surface area contributed by atoms with Gasteiger partial charge in [0, 0.05) is 24.0 Å². The normalized spacial score (nSPS) is 10.3. The van der Waals surface area contributed by atoms with E-state index in [1.165, 1.54) is 16.2 Å². The van der Waals surface area contributed by atoms with E-state index in [9.17, 15) is 9.59 Å². The van der Waals surface area contributed by atoms with Gasteiger partial charge in [0.25, 0.3) is 5.91 Å². The van der Waals surface area contributed by atoms with Gasteiger partial charge in [-0.2, -0.15) is 0 Å². The zero-order valence-electron chi connectivity index (χ0n) is 11.2. The number of nitrogen functional groups attached to an aromatic ring is 1. The quantitative estimate of drug-likeness (QED) is 0.853. The Morgan fingerprint density at radius 2 is 2.00 bits per heavy atom. The second-order valence-corrected chi connectivity index (χ2v) is 5.25. The molecule has 0 spiro atoms. The van der Waals surface area contributed by atoms with Crippen molar-refractivity contribution in [2.45, 2.75) is 12.8 Å². The maximum atomic E-state index is 12.5. The van der Waals surface area contributed by atoms with E-state index in [1.54, 1.807) is 17.5 Å². The number of carbonyl (C=O) groups is 2. The standard InChI is InChI=1S/C14H15N3O3S/c15-14-16-11(9-21-14)13(20)17(8-4-7-12(18)19)10-5-2-1-3-6-10/h1-3,5-6,9H,4,7-8H2,(H2,15,16)(H,18,19). The zero-order valence-corrected chi connectivity index (χ0v) is 12.0. The Labute approximate surface area is 125 Å². The highest BCUT2D eigenvalue weighted by Gasteiger charge is 2.20. The van der Waals surface area contributed by atoms with Gasteiger partial charge in [0.1, 0.15) is 5.69 Å². The molecule has 21 heavy (non-hydrogen) atoms. The average Bonchev–Trinajstić information content (AvgIpc) is 2.90. The number of thiazole rings is 1. The summed E-state index contributed by atoms with van der Waals surface area (Å²) < 4.78 is 0. The lowest BCUT2D eigenvalue weighted by Crippen LogP contribution is -2.32. The van der Waals surface area contributed by atoms with Crippen LogP contribution < -0.4 is 10.6 Å². The first-order chi connectivity index (χ1) is 10.1. The van der Waals surface area contributed by atoms with Crippen molar-refractivity contribution in [3.63, 3.8) is 0 Å². The molecule has 6 nitrogen and oxygen atoms in total. The molecule has 0 aliphatic rings. The van der Waals surface area contributed by atoms with Gasteiger partial charge < -0.3 is 15.7 Å². The molecule has 1 aromatic carbocycles. The highest BCUT2D eigenvalue weighted by atomic mass is 32.1. The summed E-state index contributed by atoms with van der Waals surface area (Å²) in [6.07, 6.45) is 0.380. The van der Waals surface area contributed by atoms with Gasteiger partial charge in [0.15, 0.2) is 5.13 Å². The molecule has 0 unspecified atom stereocenters. The Morgan fingerprint density at radius 3 is 2.57 bits per heavy atom. The van der Waals surface area contributed by atoms with Crippen LogP contribution in [0.25, 0.3) is 0 Å². The van der Waals surface area contributed by atoms with Crippen molar-refractivity contribution in [3.05, 3.63) is 41.4 Å². The Kier molecular flexibility index (Phi) is 4.89. The summed E-state index contributed by atoms with van der Waals surface area (Å²) in [7, 11) is 0. The van der Waals surface area contributed by atoms with Crippen LogP contribution in [0.4, 0.5) is 10.8 Å². The number of para-hydroxylation sites is 1. The van der Waals surface area contributed by atoms with E-state index >= 15 is 0 Å². The number of rotatable bonds is 6. The van der Waals surface area contributed by atoms with E-state index < -0.39 is 5.97 Å². The third-order valence-electron chi connectivity index (χ3n) is 2.83. The summed E-state index contributed by atoms with van der Waals surface area (Å²) >= 11 is 1.20. The van der Waals surface area contributed by atoms with Crippen molar-refractivity contribution < 1.29 is 14.7 Å². The van der Waals surface area contributed by atoms with Gasteiger partial charge >= 0.3 is 5.97 Å². The number of hydrogen-bond donors (Lipinski definition) is 2. The number of aromatic nitrogens is 1. The third-order valence-corrected chi connectivity index (χ3v) is 3.50. The first-order valence-electron chi connectivity index (χ1n) is 6.37. The summed E-state index contributed by atoms with van der Waals surface area (Å²) in [5.74, 6) is -1.16. The lowest BCUT2D eigenvalue weighted by atomic mass is 10.2. The Balaban J connectivity index is 2.19. The highest BCUT2D eigenvalue weighted by Crippen LogP contribution is 2.19. The average molecular weight is 305 g/mol. The first kappa shape index (κ1) is 15.0. The van der Waals surface area contributed by atoms with Crippen LogP contribution in [0.5, 0.6) is 0 Å². The molecule has 0 saturated carbocycles. The molecule has 3 N–H and O–H groups in total. The van der Waals surface area contributed by atoms with Crippen molar-refractivity contribution in [2.24, 2.45) is 0 Å². The van der Waals surface area contributed by atoms with E-state index in [-0.39, 0.29) is 18.0 Å². The fourth-order valence-corrected chi connectivity index (χ4v) is 2.41. The number of hydrogen-bond acceptors (Lipinski definition) is 5. The summed E-state index contributed by atoms with van der Waals surface area (Å²) in [4.78, 5) is 28.6. The molecule has 0 saturated heterocycles. The predicted octanol–water partition coefficient (Wildman–Crippen LogP) is 2.24. The molecule has 2 aromatic rings. The van der Waals surface area contributed by atoms with Gasteiger partial charge in [-0.25, -0.2) is 4.98 Å². The fourth-order valence-electron chi connectivity index (χ4n) is 1.87. The molecule has 0 aliphatic carbocycles. The van der Waals surface area contributed by atoms with E-state index in [0.29, 0.717) is 23.8 Å². The Morgan fingerprint density at radius 1 is 1.29 bits per heavy atom. The maximum Gasteiger partial charge on any atom is 0.303 e. The van der Waals surface area contributed by atoms with Crippen LogP contribution in [0.1, 0.15) is 23.3 Å². The molecule has 7 heteroatoms. The Hall–Kier alpha value is -2.41. The van der Waals surface area contributed by atoms with Crippen molar-refractivity contribution in [1.29, 1.82) is 0 Å². The van der Waals surface area contributed by atoms with Crippen molar-refractivity contribution in [3.8, 4) is 0 Å². The van der Waals surface area contributed by atoms with Crippen LogP contribution in [-0.4, -0.2) is 28.5 Å². The van der Waals surface area contributed by atoms with Gasteiger partial charge in [-0.05, 0) is 18.6 Å². The number of nitrogens with two attached hydrogens (primary N) is 1. The van der Waals surface area contributed by atoms with E-state index in [4.69, 9.17) is 10.8 Å². The van der Waals surface area contributed by atoms with E-state index in [2.05, 4.69) is 4.98 Å².